The topological polar surface area (TPSA) is 12.9 Å². The zero-order valence-corrected chi connectivity index (χ0v) is 17.8. The number of aromatic nitrogens is 1. The molecule has 0 saturated heterocycles. The normalized spacial score (nSPS) is 11.2. The van der Waals surface area contributed by atoms with E-state index in [4.69, 9.17) is 0 Å². The molecule has 4 aromatic rings. The molecule has 0 N–H and O–H groups in total. The van der Waals surface area contributed by atoms with Crippen molar-refractivity contribution in [1.82, 2.24) is 4.98 Å². The maximum atomic E-state index is 14.9. The Morgan fingerprint density at radius 3 is 2.31 bits per heavy atom. The fourth-order valence-electron chi connectivity index (χ4n) is 3.15. The predicted octanol–water partition coefficient (Wildman–Crippen LogP) is 7.68. The Balaban J connectivity index is 1.75. The standard InChI is InChI=1S/C23H15BrF3NS/c1-13-17-8-7-15(24)9-20(17)28-23(22(13)27)21-18(25)10-16(11-19(21)26)29-12-14-5-3-2-4-6-14/h2-11H,12H2,1H3. The van der Waals surface area contributed by atoms with Gasteiger partial charge in [0.05, 0.1) is 11.1 Å². The monoisotopic (exact) mass is 473 g/mol. The van der Waals surface area contributed by atoms with E-state index in [2.05, 4.69) is 20.9 Å². The van der Waals surface area contributed by atoms with Crippen molar-refractivity contribution in [2.75, 3.05) is 0 Å². The van der Waals surface area contributed by atoms with Crippen molar-refractivity contribution in [1.29, 1.82) is 0 Å². The summed E-state index contributed by atoms with van der Waals surface area (Å²) in [5, 5.41) is 0.602. The number of halogens is 4. The third-order valence-electron chi connectivity index (χ3n) is 4.63. The lowest BCUT2D eigenvalue weighted by molar-refractivity contribution is 0.573. The summed E-state index contributed by atoms with van der Waals surface area (Å²) in [6.07, 6.45) is 0. The van der Waals surface area contributed by atoms with Gasteiger partial charge in [0.2, 0.25) is 0 Å². The van der Waals surface area contributed by atoms with Crippen molar-refractivity contribution in [2.24, 2.45) is 0 Å². The lowest BCUT2D eigenvalue weighted by atomic mass is 10.0. The molecule has 4 rings (SSSR count). The van der Waals surface area contributed by atoms with Crippen LogP contribution in [-0.4, -0.2) is 4.98 Å². The van der Waals surface area contributed by atoms with Crippen molar-refractivity contribution in [3.63, 3.8) is 0 Å². The summed E-state index contributed by atoms with van der Waals surface area (Å²) in [6.45, 7) is 1.58. The number of hydrogen-bond donors (Lipinski definition) is 0. The van der Waals surface area contributed by atoms with E-state index in [-0.39, 0.29) is 5.69 Å². The highest BCUT2D eigenvalue weighted by atomic mass is 79.9. The van der Waals surface area contributed by atoms with Crippen LogP contribution in [0.5, 0.6) is 0 Å². The zero-order chi connectivity index (χ0) is 20.5. The van der Waals surface area contributed by atoms with Crippen molar-refractivity contribution in [3.8, 4) is 11.3 Å². The second-order valence-corrected chi connectivity index (χ2v) is 8.56. The van der Waals surface area contributed by atoms with Crippen molar-refractivity contribution >= 4 is 38.6 Å². The lowest BCUT2D eigenvalue weighted by Gasteiger charge is -2.12. The van der Waals surface area contributed by atoms with E-state index < -0.39 is 23.0 Å². The molecule has 0 aliphatic rings. The van der Waals surface area contributed by atoms with Crippen molar-refractivity contribution in [3.05, 3.63) is 93.7 Å². The first-order valence-electron chi connectivity index (χ1n) is 8.85. The maximum absolute atomic E-state index is 14.9. The van der Waals surface area contributed by atoms with Gasteiger partial charge in [-0.15, -0.1) is 11.8 Å². The molecule has 0 radical (unpaired) electrons. The molecule has 0 atom stereocenters. The van der Waals surface area contributed by atoms with Crippen molar-refractivity contribution < 1.29 is 13.2 Å². The maximum Gasteiger partial charge on any atom is 0.153 e. The summed E-state index contributed by atoms with van der Waals surface area (Å²) in [5.74, 6) is -1.81. The number of nitrogens with zero attached hydrogens (tertiary/aromatic N) is 1. The largest absolute Gasteiger partial charge is 0.244 e. The number of pyridine rings is 1. The molecule has 0 spiro atoms. The number of fused-ring (bicyclic) bond motifs is 1. The van der Waals surface area contributed by atoms with Crippen molar-refractivity contribution in [2.45, 2.75) is 17.6 Å². The molecule has 0 bridgehead atoms. The Hall–Kier alpha value is -2.31. The first kappa shape index (κ1) is 20.0. The summed E-state index contributed by atoms with van der Waals surface area (Å²) in [6, 6.07) is 17.3. The van der Waals surface area contributed by atoms with Gasteiger partial charge in [-0.05, 0) is 42.3 Å². The number of aryl methyl sites for hydroxylation is 1. The van der Waals surface area contributed by atoms with E-state index in [0.29, 0.717) is 27.1 Å². The molecule has 0 fully saturated rings. The highest BCUT2D eigenvalue weighted by Crippen LogP contribution is 2.35. The molecule has 0 aliphatic carbocycles. The minimum Gasteiger partial charge on any atom is -0.244 e. The van der Waals surface area contributed by atoms with Crippen LogP contribution >= 0.6 is 27.7 Å². The number of rotatable bonds is 4. The van der Waals surface area contributed by atoms with Gasteiger partial charge in [0, 0.05) is 20.5 Å². The Labute approximate surface area is 179 Å². The first-order valence-corrected chi connectivity index (χ1v) is 10.6. The Morgan fingerprint density at radius 2 is 1.62 bits per heavy atom. The quantitative estimate of drug-likeness (QED) is 0.282. The molecule has 29 heavy (non-hydrogen) atoms. The summed E-state index contributed by atoms with van der Waals surface area (Å²) >= 11 is 4.66. The van der Waals surface area contributed by atoms with Crippen LogP contribution in [0.25, 0.3) is 22.2 Å². The van der Waals surface area contributed by atoms with E-state index >= 15 is 0 Å². The third kappa shape index (κ3) is 4.05. The highest BCUT2D eigenvalue weighted by molar-refractivity contribution is 9.10. The fourth-order valence-corrected chi connectivity index (χ4v) is 4.39. The van der Waals surface area contributed by atoms with Gasteiger partial charge >= 0.3 is 0 Å². The lowest BCUT2D eigenvalue weighted by Crippen LogP contribution is -2.00. The van der Waals surface area contributed by atoms with Crippen LogP contribution in [-0.2, 0) is 5.75 Å². The minimum absolute atomic E-state index is 0.304. The third-order valence-corrected chi connectivity index (χ3v) is 6.17. The van der Waals surface area contributed by atoms with E-state index in [1.807, 2.05) is 30.3 Å². The predicted molar refractivity (Wildman–Crippen MR) is 115 cm³/mol. The number of benzene rings is 3. The van der Waals surface area contributed by atoms with E-state index in [9.17, 15) is 13.2 Å². The molecule has 146 valence electrons. The molecule has 1 nitrogen and oxygen atoms in total. The molecular formula is C23H15BrF3NS. The summed E-state index contributed by atoms with van der Waals surface area (Å²) in [5.41, 5.74) is 1.05. The summed E-state index contributed by atoms with van der Waals surface area (Å²) < 4.78 is 45.4. The zero-order valence-electron chi connectivity index (χ0n) is 15.3. The van der Waals surface area contributed by atoms with Crippen LogP contribution in [0.2, 0.25) is 0 Å². The van der Waals surface area contributed by atoms with Crippen LogP contribution in [0.3, 0.4) is 0 Å². The first-order chi connectivity index (χ1) is 13.9. The number of hydrogen-bond acceptors (Lipinski definition) is 2. The summed E-state index contributed by atoms with van der Waals surface area (Å²) in [7, 11) is 0. The molecule has 3 aromatic carbocycles. The molecule has 0 aliphatic heterocycles. The fraction of sp³-hybridized carbons (Fsp3) is 0.0870. The van der Waals surface area contributed by atoms with Gasteiger partial charge < -0.3 is 0 Å². The molecule has 0 saturated carbocycles. The van der Waals surface area contributed by atoms with Gasteiger partial charge in [-0.3, -0.25) is 0 Å². The molecular weight excluding hydrogens is 459 g/mol. The molecule has 1 aromatic heterocycles. The highest BCUT2D eigenvalue weighted by Gasteiger charge is 2.21. The van der Waals surface area contributed by atoms with Crippen LogP contribution in [0, 0.1) is 24.4 Å². The van der Waals surface area contributed by atoms with Crippen LogP contribution in [0.15, 0.2) is 70.0 Å². The van der Waals surface area contributed by atoms with Gasteiger partial charge in [-0.1, -0.05) is 52.3 Å². The smallest absolute Gasteiger partial charge is 0.153 e. The van der Waals surface area contributed by atoms with E-state index in [1.54, 1.807) is 25.1 Å². The van der Waals surface area contributed by atoms with Crippen LogP contribution < -0.4 is 0 Å². The number of thioether (sulfide) groups is 1. The molecule has 0 unspecified atom stereocenters. The Morgan fingerprint density at radius 1 is 0.931 bits per heavy atom. The van der Waals surface area contributed by atoms with Gasteiger partial charge in [0.15, 0.2) is 5.82 Å². The van der Waals surface area contributed by atoms with Crippen LogP contribution in [0.4, 0.5) is 13.2 Å². The second kappa shape index (κ2) is 8.20. The average Bonchev–Trinajstić information content (AvgIpc) is 2.70. The minimum atomic E-state index is -0.833. The van der Waals surface area contributed by atoms with Gasteiger partial charge in [-0.2, -0.15) is 0 Å². The van der Waals surface area contributed by atoms with E-state index in [1.165, 1.54) is 23.9 Å². The van der Waals surface area contributed by atoms with E-state index in [0.717, 1.165) is 10.0 Å². The van der Waals surface area contributed by atoms with Gasteiger partial charge in [0.1, 0.15) is 17.3 Å². The SMILES string of the molecule is Cc1c(F)c(-c2c(F)cc(SCc3ccccc3)cc2F)nc2cc(Br)ccc12. The van der Waals surface area contributed by atoms with Gasteiger partial charge in [-0.25, -0.2) is 18.2 Å². The Kier molecular flexibility index (Phi) is 5.65. The van der Waals surface area contributed by atoms with Gasteiger partial charge in [0.25, 0.3) is 0 Å². The molecule has 0 amide bonds. The molecule has 1 heterocycles. The molecule has 6 heteroatoms. The van der Waals surface area contributed by atoms with Crippen LogP contribution in [0.1, 0.15) is 11.1 Å². The Bertz CT molecular complexity index is 1190. The second-order valence-electron chi connectivity index (χ2n) is 6.60. The average molecular weight is 474 g/mol. The summed E-state index contributed by atoms with van der Waals surface area (Å²) in [4.78, 5) is 4.66.